The molecule has 0 spiro atoms. The van der Waals surface area contributed by atoms with E-state index in [0.717, 1.165) is 43.9 Å². The SMILES string of the molecule is Fc1ccc([C@@H](OCCN2CCNCC2)c2ccccc2)cc1. The van der Waals surface area contributed by atoms with E-state index in [1.165, 1.54) is 12.1 Å². The van der Waals surface area contributed by atoms with Crippen LogP contribution in [-0.2, 0) is 4.74 Å². The Bertz CT molecular complexity index is 582. The number of nitrogens with zero attached hydrogens (tertiary/aromatic N) is 1. The van der Waals surface area contributed by atoms with Crippen LogP contribution in [0, 0.1) is 5.82 Å². The van der Waals surface area contributed by atoms with Crippen molar-refractivity contribution in [2.24, 2.45) is 0 Å². The summed E-state index contributed by atoms with van der Waals surface area (Å²) in [5.41, 5.74) is 2.08. The van der Waals surface area contributed by atoms with E-state index < -0.39 is 0 Å². The average Bonchev–Trinajstić information content (AvgIpc) is 2.61. The Labute approximate surface area is 137 Å². The summed E-state index contributed by atoms with van der Waals surface area (Å²) in [6.07, 6.45) is -0.153. The second-order valence-electron chi connectivity index (χ2n) is 5.80. The van der Waals surface area contributed by atoms with Crippen molar-refractivity contribution in [3.8, 4) is 0 Å². The highest BCUT2D eigenvalue weighted by Gasteiger charge is 2.16. The van der Waals surface area contributed by atoms with Crippen LogP contribution < -0.4 is 5.32 Å². The monoisotopic (exact) mass is 314 g/mol. The molecule has 0 amide bonds. The van der Waals surface area contributed by atoms with Gasteiger partial charge < -0.3 is 10.1 Å². The fraction of sp³-hybridized carbons (Fsp3) is 0.368. The second kappa shape index (κ2) is 8.20. The van der Waals surface area contributed by atoms with E-state index in [0.29, 0.717) is 6.61 Å². The molecule has 0 bridgehead atoms. The quantitative estimate of drug-likeness (QED) is 0.887. The highest BCUT2D eigenvalue weighted by molar-refractivity contribution is 5.30. The molecule has 3 nitrogen and oxygen atoms in total. The highest BCUT2D eigenvalue weighted by Crippen LogP contribution is 2.26. The van der Waals surface area contributed by atoms with Gasteiger partial charge in [-0.05, 0) is 23.3 Å². The fourth-order valence-electron chi connectivity index (χ4n) is 2.88. The maximum Gasteiger partial charge on any atom is 0.123 e. The van der Waals surface area contributed by atoms with E-state index in [9.17, 15) is 4.39 Å². The van der Waals surface area contributed by atoms with Crippen LogP contribution in [0.25, 0.3) is 0 Å². The normalized spacial score (nSPS) is 17.1. The number of ether oxygens (including phenoxy) is 1. The average molecular weight is 314 g/mol. The van der Waals surface area contributed by atoms with E-state index in [2.05, 4.69) is 22.3 Å². The first-order valence-electron chi connectivity index (χ1n) is 8.18. The molecular formula is C19H23FN2O. The molecule has 1 fully saturated rings. The van der Waals surface area contributed by atoms with E-state index in [1.807, 2.05) is 18.2 Å². The molecule has 1 atom stereocenters. The van der Waals surface area contributed by atoms with Crippen LogP contribution in [0.15, 0.2) is 54.6 Å². The lowest BCUT2D eigenvalue weighted by Crippen LogP contribution is -2.44. The zero-order valence-electron chi connectivity index (χ0n) is 13.2. The van der Waals surface area contributed by atoms with Crippen molar-refractivity contribution in [1.29, 1.82) is 0 Å². The van der Waals surface area contributed by atoms with Gasteiger partial charge >= 0.3 is 0 Å². The van der Waals surface area contributed by atoms with Crippen LogP contribution in [0.1, 0.15) is 17.2 Å². The van der Waals surface area contributed by atoms with Crippen molar-refractivity contribution in [2.45, 2.75) is 6.10 Å². The standard InChI is InChI=1S/C19H23FN2O/c20-18-8-6-17(7-9-18)19(16-4-2-1-3-5-16)23-15-14-22-12-10-21-11-13-22/h1-9,19,21H,10-15H2/t19-/m0/s1. The van der Waals surface area contributed by atoms with E-state index in [-0.39, 0.29) is 11.9 Å². The van der Waals surface area contributed by atoms with Gasteiger partial charge in [-0.15, -0.1) is 0 Å². The smallest absolute Gasteiger partial charge is 0.123 e. The number of halogens is 1. The van der Waals surface area contributed by atoms with Crippen LogP contribution in [0.3, 0.4) is 0 Å². The molecule has 1 N–H and O–H groups in total. The lowest BCUT2D eigenvalue weighted by atomic mass is 10.0. The molecule has 0 aliphatic carbocycles. The number of piperazine rings is 1. The van der Waals surface area contributed by atoms with Gasteiger partial charge in [0.15, 0.2) is 0 Å². The number of rotatable bonds is 6. The van der Waals surface area contributed by atoms with Gasteiger partial charge in [-0.25, -0.2) is 4.39 Å². The molecule has 1 heterocycles. The first-order chi connectivity index (χ1) is 11.3. The summed E-state index contributed by atoms with van der Waals surface area (Å²) in [4.78, 5) is 2.41. The molecule has 4 heteroatoms. The summed E-state index contributed by atoms with van der Waals surface area (Å²) in [7, 11) is 0. The van der Waals surface area contributed by atoms with Crippen molar-refractivity contribution < 1.29 is 9.13 Å². The van der Waals surface area contributed by atoms with Crippen molar-refractivity contribution in [3.05, 3.63) is 71.5 Å². The molecule has 1 saturated heterocycles. The molecule has 122 valence electrons. The summed E-state index contributed by atoms with van der Waals surface area (Å²) in [5.74, 6) is -0.221. The van der Waals surface area contributed by atoms with Gasteiger partial charge in [-0.3, -0.25) is 4.90 Å². The van der Waals surface area contributed by atoms with Gasteiger partial charge in [-0.2, -0.15) is 0 Å². The fourth-order valence-corrected chi connectivity index (χ4v) is 2.88. The van der Waals surface area contributed by atoms with E-state index in [1.54, 1.807) is 12.1 Å². The molecular weight excluding hydrogens is 291 g/mol. The molecule has 0 unspecified atom stereocenters. The molecule has 23 heavy (non-hydrogen) atoms. The van der Waals surface area contributed by atoms with Crippen LogP contribution in [0.2, 0.25) is 0 Å². The summed E-state index contributed by atoms with van der Waals surface area (Å²) in [6.45, 7) is 5.80. The van der Waals surface area contributed by atoms with Gasteiger partial charge in [0.2, 0.25) is 0 Å². The van der Waals surface area contributed by atoms with Gasteiger partial charge in [0.1, 0.15) is 11.9 Å². The van der Waals surface area contributed by atoms with Gasteiger partial charge in [0.05, 0.1) is 6.61 Å². The topological polar surface area (TPSA) is 24.5 Å². The minimum absolute atomic E-state index is 0.153. The van der Waals surface area contributed by atoms with Crippen molar-refractivity contribution in [2.75, 3.05) is 39.3 Å². The maximum absolute atomic E-state index is 13.2. The zero-order chi connectivity index (χ0) is 15.9. The lowest BCUT2D eigenvalue weighted by molar-refractivity contribution is 0.0572. The molecule has 0 radical (unpaired) electrons. The van der Waals surface area contributed by atoms with Gasteiger partial charge in [0.25, 0.3) is 0 Å². The highest BCUT2D eigenvalue weighted by atomic mass is 19.1. The van der Waals surface area contributed by atoms with Gasteiger partial charge in [0, 0.05) is 32.7 Å². The van der Waals surface area contributed by atoms with Crippen LogP contribution in [-0.4, -0.2) is 44.2 Å². The Morgan fingerprint density at radius 3 is 2.30 bits per heavy atom. The maximum atomic E-state index is 13.2. The second-order valence-corrected chi connectivity index (χ2v) is 5.80. The predicted octanol–water partition coefficient (Wildman–Crippen LogP) is 2.84. The minimum atomic E-state index is -0.221. The third kappa shape index (κ3) is 4.61. The number of hydrogen-bond acceptors (Lipinski definition) is 3. The molecule has 1 aliphatic rings. The summed E-state index contributed by atoms with van der Waals surface area (Å²) >= 11 is 0. The Kier molecular flexibility index (Phi) is 5.75. The summed E-state index contributed by atoms with van der Waals surface area (Å²) < 4.78 is 19.4. The molecule has 3 rings (SSSR count). The van der Waals surface area contributed by atoms with Gasteiger partial charge in [-0.1, -0.05) is 42.5 Å². The third-order valence-electron chi connectivity index (χ3n) is 4.18. The molecule has 0 aromatic heterocycles. The number of hydrogen-bond donors (Lipinski definition) is 1. The number of nitrogens with one attached hydrogen (secondary N) is 1. The van der Waals surface area contributed by atoms with Crippen LogP contribution in [0.5, 0.6) is 0 Å². The lowest BCUT2D eigenvalue weighted by Gasteiger charge is -2.28. The van der Waals surface area contributed by atoms with E-state index >= 15 is 0 Å². The predicted molar refractivity (Wildman–Crippen MR) is 89.9 cm³/mol. The number of benzene rings is 2. The molecule has 0 saturated carbocycles. The first kappa shape index (κ1) is 16.1. The largest absolute Gasteiger partial charge is 0.367 e. The summed E-state index contributed by atoms with van der Waals surface area (Å²) in [6, 6.07) is 16.7. The van der Waals surface area contributed by atoms with Crippen LogP contribution >= 0.6 is 0 Å². The van der Waals surface area contributed by atoms with Crippen molar-refractivity contribution in [1.82, 2.24) is 10.2 Å². The third-order valence-corrected chi connectivity index (χ3v) is 4.18. The molecule has 1 aliphatic heterocycles. The Balaban J connectivity index is 1.66. The molecule has 2 aromatic rings. The van der Waals surface area contributed by atoms with E-state index in [4.69, 9.17) is 4.74 Å². The first-order valence-corrected chi connectivity index (χ1v) is 8.18. The van der Waals surface area contributed by atoms with Crippen LogP contribution in [0.4, 0.5) is 4.39 Å². The Hall–Kier alpha value is -1.75. The minimum Gasteiger partial charge on any atom is -0.367 e. The van der Waals surface area contributed by atoms with Crippen molar-refractivity contribution in [3.63, 3.8) is 0 Å². The summed E-state index contributed by atoms with van der Waals surface area (Å²) in [5, 5.41) is 3.35. The molecule has 2 aromatic carbocycles. The van der Waals surface area contributed by atoms with Crippen molar-refractivity contribution >= 4 is 0 Å². The Morgan fingerprint density at radius 1 is 0.957 bits per heavy atom. The Morgan fingerprint density at radius 2 is 1.61 bits per heavy atom. The zero-order valence-corrected chi connectivity index (χ0v) is 13.2.